The summed E-state index contributed by atoms with van der Waals surface area (Å²) in [5, 5.41) is 0. The third-order valence-corrected chi connectivity index (χ3v) is 7.23. The number of aryl methyl sites for hydroxylation is 1. The Bertz CT molecular complexity index is 807. The Morgan fingerprint density at radius 3 is 2.20 bits per heavy atom. The van der Waals surface area contributed by atoms with Crippen LogP contribution in [0.15, 0.2) is 48.5 Å². The van der Waals surface area contributed by atoms with Crippen LogP contribution in [0.1, 0.15) is 68.7 Å². The maximum absolute atomic E-state index is 6.42. The van der Waals surface area contributed by atoms with E-state index in [1.165, 1.54) is 54.4 Å². The van der Waals surface area contributed by atoms with Crippen molar-refractivity contribution in [3.8, 4) is 0 Å². The maximum atomic E-state index is 6.42. The molecule has 2 aliphatic heterocycles. The fourth-order valence-electron chi connectivity index (χ4n) is 5.20. The Kier molecular flexibility index (Phi) is 6.36. The molecule has 0 aliphatic carbocycles. The second kappa shape index (κ2) is 8.85. The van der Waals surface area contributed by atoms with Crippen LogP contribution in [0.5, 0.6) is 0 Å². The summed E-state index contributed by atoms with van der Waals surface area (Å²) in [4.78, 5) is 2.62. The molecule has 0 radical (unpaired) electrons. The lowest BCUT2D eigenvalue weighted by atomic mass is 9.77. The number of rotatable bonds is 4. The molecule has 1 atom stereocenters. The lowest BCUT2D eigenvalue weighted by molar-refractivity contribution is -0.127. The van der Waals surface area contributed by atoms with Gasteiger partial charge in [-0.2, -0.15) is 0 Å². The van der Waals surface area contributed by atoms with E-state index in [-0.39, 0.29) is 11.0 Å². The minimum atomic E-state index is 0.125. The molecule has 2 aliphatic rings. The fraction of sp³-hybridized carbons (Fsp3) is 0.571. The Labute approximate surface area is 183 Å². The van der Waals surface area contributed by atoms with Gasteiger partial charge in [0, 0.05) is 26.2 Å². The number of ether oxygens (including phenoxy) is 1. The molecule has 0 bridgehead atoms. The molecular formula is C28H39NO. The number of hydrogen-bond donors (Lipinski definition) is 0. The largest absolute Gasteiger partial charge is 0.375 e. The average molecular weight is 406 g/mol. The van der Waals surface area contributed by atoms with Crippen molar-refractivity contribution < 1.29 is 4.74 Å². The van der Waals surface area contributed by atoms with Crippen molar-refractivity contribution in [2.24, 2.45) is 5.92 Å². The molecule has 0 saturated carbocycles. The predicted molar refractivity (Wildman–Crippen MR) is 126 cm³/mol. The summed E-state index contributed by atoms with van der Waals surface area (Å²) < 4.78 is 6.42. The maximum Gasteiger partial charge on any atom is 0.0709 e. The molecule has 0 N–H and O–H groups in total. The first-order valence-corrected chi connectivity index (χ1v) is 11.8. The summed E-state index contributed by atoms with van der Waals surface area (Å²) >= 11 is 0. The van der Waals surface area contributed by atoms with Crippen molar-refractivity contribution in [3.63, 3.8) is 0 Å². The van der Waals surface area contributed by atoms with Gasteiger partial charge in [-0.1, -0.05) is 74.9 Å². The fourth-order valence-corrected chi connectivity index (χ4v) is 5.20. The molecule has 2 fully saturated rings. The molecule has 1 spiro atoms. The number of benzene rings is 2. The third-order valence-electron chi connectivity index (χ3n) is 7.23. The van der Waals surface area contributed by atoms with E-state index in [0.29, 0.717) is 0 Å². The molecule has 30 heavy (non-hydrogen) atoms. The summed E-state index contributed by atoms with van der Waals surface area (Å²) in [6.07, 6.45) is 6.00. The van der Waals surface area contributed by atoms with Crippen LogP contribution in [0.25, 0.3) is 0 Å². The smallest absolute Gasteiger partial charge is 0.0709 e. The van der Waals surface area contributed by atoms with Crippen LogP contribution in [0.3, 0.4) is 0 Å². The minimum absolute atomic E-state index is 0.125. The van der Waals surface area contributed by atoms with E-state index < -0.39 is 0 Å². The van der Waals surface area contributed by atoms with Crippen molar-refractivity contribution in [3.05, 3.63) is 70.8 Å². The Balaban J connectivity index is 1.30. The second-order valence-electron chi connectivity index (χ2n) is 10.8. The van der Waals surface area contributed by atoms with Crippen LogP contribution in [-0.2, 0) is 23.1 Å². The van der Waals surface area contributed by atoms with Crippen LogP contribution < -0.4 is 0 Å². The van der Waals surface area contributed by atoms with Crippen molar-refractivity contribution in [1.29, 1.82) is 0 Å². The Hall–Kier alpha value is -1.64. The minimum Gasteiger partial charge on any atom is -0.375 e. The van der Waals surface area contributed by atoms with Gasteiger partial charge in [0.2, 0.25) is 0 Å². The molecule has 2 aromatic rings. The Morgan fingerprint density at radius 2 is 1.57 bits per heavy atom. The highest BCUT2D eigenvalue weighted by atomic mass is 16.5. The van der Waals surface area contributed by atoms with E-state index in [0.717, 1.165) is 32.2 Å². The van der Waals surface area contributed by atoms with Crippen LogP contribution in [0, 0.1) is 12.8 Å². The molecule has 2 heteroatoms. The molecule has 2 saturated heterocycles. The van der Waals surface area contributed by atoms with E-state index in [2.05, 4.69) is 81.1 Å². The molecule has 162 valence electrons. The van der Waals surface area contributed by atoms with Gasteiger partial charge in [0.1, 0.15) is 0 Å². The molecular weight excluding hydrogens is 366 g/mol. The van der Waals surface area contributed by atoms with Crippen molar-refractivity contribution in [2.45, 2.75) is 77.4 Å². The van der Waals surface area contributed by atoms with Gasteiger partial charge in [-0.05, 0) is 67.1 Å². The summed E-state index contributed by atoms with van der Waals surface area (Å²) in [5.41, 5.74) is 6.03. The lowest BCUT2D eigenvalue weighted by Gasteiger charge is -2.46. The summed E-state index contributed by atoms with van der Waals surface area (Å²) in [6.45, 7) is 13.3. The molecule has 1 unspecified atom stereocenters. The number of likely N-dealkylation sites (tertiary alicyclic amines) is 1. The van der Waals surface area contributed by atoms with Crippen molar-refractivity contribution in [1.82, 2.24) is 4.90 Å². The summed E-state index contributed by atoms with van der Waals surface area (Å²) in [6, 6.07) is 18.4. The first kappa shape index (κ1) is 21.6. The SMILES string of the molecule is Cc1ccc(CC2CCOC3(CCN(Cc4ccc(C(C)(C)C)cc4)CC3)C2)cc1. The average Bonchev–Trinajstić information content (AvgIpc) is 2.72. The predicted octanol–water partition coefficient (Wildman–Crippen LogP) is 6.30. The molecule has 2 nitrogen and oxygen atoms in total. The molecule has 2 heterocycles. The third kappa shape index (κ3) is 5.34. The van der Waals surface area contributed by atoms with Crippen molar-refractivity contribution >= 4 is 0 Å². The first-order chi connectivity index (χ1) is 14.3. The topological polar surface area (TPSA) is 12.5 Å². The summed E-state index contributed by atoms with van der Waals surface area (Å²) in [7, 11) is 0. The van der Waals surface area contributed by atoms with Gasteiger partial charge in [0.05, 0.1) is 5.60 Å². The molecule has 0 amide bonds. The van der Waals surface area contributed by atoms with Crippen LogP contribution in [-0.4, -0.2) is 30.2 Å². The highest BCUT2D eigenvalue weighted by Gasteiger charge is 2.40. The number of hydrogen-bond acceptors (Lipinski definition) is 2. The monoisotopic (exact) mass is 405 g/mol. The summed E-state index contributed by atoms with van der Waals surface area (Å²) in [5.74, 6) is 0.762. The number of nitrogens with zero attached hydrogens (tertiary/aromatic N) is 1. The highest BCUT2D eigenvalue weighted by Crippen LogP contribution is 2.39. The van der Waals surface area contributed by atoms with E-state index >= 15 is 0 Å². The van der Waals surface area contributed by atoms with E-state index in [9.17, 15) is 0 Å². The van der Waals surface area contributed by atoms with Gasteiger partial charge in [-0.25, -0.2) is 0 Å². The molecule has 4 rings (SSSR count). The number of piperidine rings is 1. The quantitative estimate of drug-likeness (QED) is 0.592. The van der Waals surface area contributed by atoms with Gasteiger partial charge in [-0.3, -0.25) is 4.90 Å². The Morgan fingerprint density at radius 1 is 0.933 bits per heavy atom. The van der Waals surface area contributed by atoms with E-state index in [1.54, 1.807) is 0 Å². The molecule has 2 aromatic carbocycles. The second-order valence-corrected chi connectivity index (χ2v) is 10.8. The first-order valence-electron chi connectivity index (χ1n) is 11.8. The van der Waals surface area contributed by atoms with Crippen LogP contribution in [0.2, 0.25) is 0 Å². The van der Waals surface area contributed by atoms with Crippen LogP contribution in [0.4, 0.5) is 0 Å². The van der Waals surface area contributed by atoms with Gasteiger partial charge in [-0.15, -0.1) is 0 Å². The van der Waals surface area contributed by atoms with E-state index in [4.69, 9.17) is 4.74 Å². The normalized spacial score (nSPS) is 22.3. The van der Waals surface area contributed by atoms with Crippen molar-refractivity contribution in [2.75, 3.05) is 19.7 Å². The van der Waals surface area contributed by atoms with Gasteiger partial charge < -0.3 is 4.74 Å². The zero-order valence-corrected chi connectivity index (χ0v) is 19.4. The zero-order valence-electron chi connectivity index (χ0n) is 19.4. The van der Waals surface area contributed by atoms with Crippen LogP contribution >= 0.6 is 0 Å². The van der Waals surface area contributed by atoms with Gasteiger partial charge in [0.15, 0.2) is 0 Å². The highest BCUT2D eigenvalue weighted by molar-refractivity contribution is 5.27. The lowest BCUT2D eigenvalue weighted by Crippen LogP contribution is -2.49. The molecule has 0 aromatic heterocycles. The van der Waals surface area contributed by atoms with Gasteiger partial charge >= 0.3 is 0 Å². The standard InChI is InChI=1S/C28H39NO/c1-22-5-7-23(8-6-22)19-25-13-18-30-28(20-25)14-16-29(17-15-28)21-24-9-11-26(12-10-24)27(2,3)4/h5-12,25H,13-21H2,1-4H3. The van der Waals surface area contributed by atoms with E-state index in [1.807, 2.05) is 0 Å². The van der Waals surface area contributed by atoms with Gasteiger partial charge in [0.25, 0.3) is 0 Å². The zero-order chi connectivity index (χ0) is 21.2.